The maximum absolute atomic E-state index is 12.6. The molecule has 7 heteroatoms. The average molecular weight is 488 g/mol. The van der Waals surface area contributed by atoms with Crippen molar-refractivity contribution in [3.05, 3.63) is 106 Å². The molecule has 3 aromatic rings. The molecule has 0 aromatic heterocycles. The van der Waals surface area contributed by atoms with Crippen LogP contribution >= 0.6 is 11.8 Å². The van der Waals surface area contributed by atoms with Crippen LogP contribution in [0, 0.1) is 0 Å². The average Bonchev–Trinajstić information content (AvgIpc) is 3.19. The topological polar surface area (TPSA) is 77.4 Å². The van der Waals surface area contributed by atoms with Crippen LogP contribution in [-0.2, 0) is 16.1 Å². The van der Waals surface area contributed by atoms with Gasteiger partial charge in [0.15, 0.2) is 0 Å². The van der Waals surface area contributed by atoms with E-state index in [9.17, 15) is 9.90 Å². The predicted molar refractivity (Wildman–Crippen MR) is 139 cm³/mol. The van der Waals surface area contributed by atoms with Gasteiger partial charge in [-0.25, -0.2) is 9.79 Å². The molecule has 0 unspecified atom stereocenters. The number of nitrogens with zero attached hydrogens (tertiary/aromatic N) is 1. The third kappa shape index (κ3) is 6.13. The molecule has 0 saturated carbocycles. The number of benzene rings is 3. The van der Waals surface area contributed by atoms with E-state index in [-0.39, 0.29) is 17.9 Å². The molecule has 4 rings (SSSR count). The highest BCUT2D eigenvalue weighted by atomic mass is 32.2. The third-order valence-corrected chi connectivity index (χ3v) is 6.12. The molecule has 0 saturated heterocycles. The highest BCUT2D eigenvalue weighted by molar-refractivity contribution is 8.18. The number of esters is 1. The Morgan fingerprint density at radius 3 is 2.31 bits per heavy atom. The van der Waals surface area contributed by atoms with Crippen LogP contribution < -0.4 is 9.47 Å². The van der Waals surface area contributed by atoms with Gasteiger partial charge in [0.05, 0.1) is 24.3 Å². The summed E-state index contributed by atoms with van der Waals surface area (Å²) < 4.78 is 16.2. The quantitative estimate of drug-likeness (QED) is 0.367. The van der Waals surface area contributed by atoms with Crippen LogP contribution in [0.1, 0.15) is 18.1 Å². The Morgan fingerprint density at radius 2 is 1.66 bits per heavy atom. The van der Waals surface area contributed by atoms with Crippen LogP contribution in [0.15, 0.2) is 100 Å². The van der Waals surface area contributed by atoms with Crippen molar-refractivity contribution >= 4 is 34.5 Å². The van der Waals surface area contributed by atoms with Gasteiger partial charge in [-0.1, -0.05) is 54.2 Å². The summed E-state index contributed by atoms with van der Waals surface area (Å²) in [5.41, 5.74) is 2.62. The van der Waals surface area contributed by atoms with Crippen molar-refractivity contribution < 1.29 is 24.1 Å². The van der Waals surface area contributed by atoms with Crippen LogP contribution in [0.5, 0.6) is 11.5 Å². The van der Waals surface area contributed by atoms with Gasteiger partial charge in [-0.2, -0.15) is 0 Å². The van der Waals surface area contributed by atoms with Gasteiger partial charge in [0, 0.05) is 0 Å². The van der Waals surface area contributed by atoms with E-state index in [2.05, 4.69) is 4.99 Å². The van der Waals surface area contributed by atoms with Crippen molar-refractivity contribution in [1.29, 1.82) is 0 Å². The zero-order valence-corrected chi connectivity index (χ0v) is 20.2. The molecule has 1 heterocycles. The molecule has 6 nitrogen and oxygen atoms in total. The second kappa shape index (κ2) is 11.4. The van der Waals surface area contributed by atoms with E-state index < -0.39 is 5.97 Å². The van der Waals surface area contributed by atoms with Gasteiger partial charge in [0.1, 0.15) is 34.5 Å². The van der Waals surface area contributed by atoms with E-state index in [0.717, 1.165) is 16.9 Å². The third-order valence-electron chi connectivity index (χ3n) is 5.10. The number of hydrogen-bond acceptors (Lipinski definition) is 7. The fraction of sp³-hybridized carbons (Fsp3) is 0.143. The van der Waals surface area contributed by atoms with Crippen molar-refractivity contribution in [3.63, 3.8) is 0 Å². The minimum atomic E-state index is -0.613. The Balaban J connectivity index is 1.55. The van der Waals surface area contributed by atoms with Crippen molar-refractivity contribution in [2.45, 2.75) is 13.5 Å². The first-order valence-corrected chi connectivity index (χ1v) is 11.9. The van der Waals surface area contributed by atoms with Crippen molar-refractivity contribution in [2.75, 3.05) is 13.7 Å². The van der Waals surface area contributed by atoms with Crippen LogP contribution in [0.25, 0.3) is 6.08 Å². The normalized spacial score (nSPS) is 15.5. The van der Waals surface area contributed by atoms with Gasteiger partial charge in [0.2, 0.25) is 0 Å². The van der Waals surface area contributed by atoms with Gasteiger partial charge in [-0.05, 0) is 60.5 Å². The monoisotopic (exact) mass is 487 g/mol. The highest BCUT2D eigenvalue weighted by Crippen LogP contribution is 2.40. The summed E-state index contributed by atoms with van der Waals surface area (Å²) in [6.45, 7) is 2.39. The van der Waals surface area contributed by atoms with E-state index >= 15 is 0 Å². The summed E-state index contributed by atoms with van der Waals surface area (Å²) in [4.78, 5) is 17.7. The fourth-order valence-corrected chi connectivity index (χ4v) is 4.35. The van der Waals surface area contributed by atoms with E-state index in [1.807, 2.05) is 54.6 Å². The first-order chi connectivity index (χ1) is 17.1. The van der Waals surface area contributed by atoms with Gasteiger partial charge in [-0.15, -0.1) is 0 Å². The lowest BCUT2D eigenvalue weighted by Gasteiger charge is -2.06. The van der Waals surface area contributed by atoms with Crippen molar-refractivity contribution in [3.8, 4) is 11.5 Å². The summed E-state index contributed by atoms with van der Waals surface area (Å²) >= 11 is 1.22. The molecule has 0 aliphatic carbocycles. The molecule has 0 atom stereocenters. The molecule has 0 amide bonds. The fourth-order valence-electron chi connectivity index (χ4n) is 3.32. The van der Waals surface area contributed by atoms with Crippen molar-refractivity contribution in [1.82, 2.24) is 0 Å². The zero-order valence-electron chi connectivity index (χ0n) is 19.4. The van der Waals surface area contributed by atoms with E-state index in [1.165, 1.54) is 11.8 Å². The molecular weight excluding hydrogens is 462 g/mol. The Bertz CT molecular complexity index is 1260. The second-order valence-electron chi connectivity index (χ2n) is 7.51. The number of thioether (sulfide) groups is 1. The smallest absolute Gasteiger partial charge is 0.344 e. The molecule has 0 radical (unpaired) electrons. The number of methoxy groups -OCH3 is 1. The Labute approximate surface area is 208 Å². The van der Waals surface area contributed by atoms with Crippen LogP contribution in [0.4, 0.5) is 5.69 Å². The largest absolute Gasteiger partial charge is 0.506 e. The number of aliphatic hydroxyl groups excluding tert-OH is 1. The Hall–Kier alpha value is -3.97. The highest BCUT2D eigenvalue weighted by Gasteiger charge is 2.33. The number of aliphatic hydroxyl groups is 1. The number of hydrogen-bond donors (Lipinski definition) is 1. The van der Waals surface area contributed by atoms with Gasteiger partial charge >= 0.3 is 5.97 Å². The lowest BCUT2D eigenvalue weighted by Crippen LogP contribution is -2.12. The molecule has 0 spiro atoms. The first-order valence-electron chi connectivity index (χ1n) is 11.1. The lowest BCUT2D eigenvalue weighted by atomic mass is 10.1. The zero-order chi connectivity index (χ0) is 24.6. The molecule has 0 bridgehead atoms. The second-order valence-corrected chi connectivity index (χ2v) is 8.54. The van der Waals surface area contributed by atoms with Gasteiger partial charge in [0.25, 0.3) is 0 Å². The Kier molecular flexibility index (Phi) is 7.90. The summed E-state index contributed by atoms with van der Waals surface area (Å²) in [6.07, 6.45) is 1.80. The molecule has 1 N–H and O–H groups in total. The molecule has 178 valence electrons. The molecule has 1 aliphatic heterocycles. The van der Waals surface area contributed by atoms with E-state index in [1.54, 1.807) is 44.4 Å². The van der Waals surface area contributed by atoms with E-state index in [4.69, 9.17) is 14.2 Å². The number of aliphatic imine (C=N–C) groups is 1. The minimum absolute atomic E-state index is 0.0572. The molecule has 1 aliphatic rings. The van der Waals surface area contributed by atoms with Gasteiger partial charge < -0.3 is 19.3 Å². The minimum Gasteiger partial charge on any atom is -0.506 e. The molecule has 35 heavy (non-hydrogen) atoms. The summed E-state index contributed by atoms with van der Waals surface area (Å²) in [5.74, 6) is 0.681. The molecular formula is C28H25NO5S. The Morgan fingerprint density at radius 1 is 0.971 bits per heavy atom. The molecule has 3 aromatic carbocycles. The number of carbonyl (C=O) groups excluding carboxylic acids is 1. The molecule has 0 fully saturated rings. The maximum atomic E-state index is 12.6. The van der Waals surface area contributed by atoms with Gasteiger partial charge in [-0.3, -0.25) is 0 Å². The number of ether oxygens (including phenoxy) is 3. The van der Waals surface area contributed by atoms with Crippen LogP contribution in [0.3, 0.4) is 0 Å². The summed E-state index contributed by atoms with van der Waals surface area (Å²) in [7, 11) is 1.59. The van der Waals surface area contributed by atoms with Crippen LogP contribution in [0.2, 0.25) is 0 Å². The van der Waals surface area contributed by atoms with Crippen molar-refractivity contribution in [2.24, 2.45) is 4.99 Å². The van der Waals surface area contributed by atoms with E-state index in [0.29, 0.717) is 28.0 Å². The maximum Gasteiger partial charge on any atom is 0.344 e. The summed E-state index contributed by atoms with van der Waals surface area (Å²) in [6, 6.07) is 24.6. The standard InChI is InChI=1S/C28H25NO5S/c1-3-33-28(31)25-26(30)24(35-27(25)29-21-11-15-22(32-2)16-12-21)17-19-9-13-23(14-10-19)34-18-20-7-5-4-6-8-20/h4-17,30H,3,18H2,1-2H3/b24-17+,29-27?. The SMILES string of the molecule is CCOC(=O)C1=C(O)/C(=C\c2ccc(OCc3ccccc3)cc2)SC1=Nc1ccc(OC)cc1. The predicted octanol–water partition coefficient (Wildman–Crippen LogP) is 6.47. The first kappa shape index (κ1) is 24.2. The lowest BCUT2D eigenvalue weighted by molar-refractivity contribution is -0.138. The number of rotatable bonds is 8. The van der Waals surface area contributed by atoms with Crippen LogP contribution in [-0.4, -0.2) is 29.8 Å². The number of carbonyl (C=O) groups is 1. The summed E-state index contributed by atoms with van der Waals surface area (Å²) in [5, 5.41) is 11.2.